The molecular weight excluding hydrogens is 236 g/mol. The Balaban J connectivity index is 2.17. The van der Waals surface area contributed by atoms with Gasteiger partial charge in [-0.05, 0) is 25.1 Å². The summed E-state index contributed by atoms with van der Waals surface area (Å²) < 4.78 is 6.79. The van der Waals surface area contributed by atoms with E-state index in [2.05, 4.69) is 5.10 Å². The largest absolute Gasteiger partial charge is 0.462 e. The van der Waals surface area contributed by atoms with Gasteiger partial charge in [0.25, 0.3) is 0 Å². The Bertz CT molecular complexity index is 699. The predicted octanol–water partition coefficient (Wildman–Crippen LogP) is 2.73. The van der Waals surface area contributed by atoms with E-state index in [0.717, 1.165) is 15.7 Å². The first-order valence-electron chi connectivity index (χ1n) is 5.33. The van der Waals surface area contributed by atoms with Crippen LogP contribution >= 0.6 is 11.3 Å². The molecular formula is C12H10N2O2S. The number of hydrogen-bond donors (Lipinski definition) is 0. The monoisotopic (exact) mass is 246 g/mol. The average Bonchev–Trinajstić information content (AvgIpc) is 2.86. The minimum Gasteiger partial charge on any atom is -0.462 e. The zero-order valence-electron chi connectivity index (χ0n) is 9.21. The molecule has 0 radical (unpaired) electrons. The molecule has 17 heavy (non-hydrogen) atoms. The van der Waals surface area contributed by atoms with E-state index in [4.69, 9.17) is 4.74 Å². The Morgan fingerprint density at radius 1 is 1.53 bits per heavy atom. The molecule has 0 spiro atoms. The molecule has 0 amide bonds. The van der Waals surface area contributed by atoms with Gasteiger partial charge in [0.1, 0.15) is 9.71 Å². The van der Waals surface area contributed by atoms with Crippen molar-refractivity contribution in [2.75, 3.05) is 6.61 Å². The Labute approximate surface area is 101 Å². The lowest BCUT2D eigenvalue weighted by Gasteiger charge is -1.96. The molecule has 4 nitrogen and oxygen atoms in total. The molecule has 3 heterocycles. The smallest absolute Gasteiger partial charge is 0.348 e. The second-order valence-corrected chi connectivity index (χ2v) is 4.61. The molecule has 0 unspecified atom stereocenters. The molecule has 0 fully saturated rings. The Morgan fingerprint density at radius 2 is 2.41 bits per heavy atom. The lowest BCUT2D eigenvalue weighted by molar-refractivity contribution is 0.0532. The van der Waals surface area contributed by atoms with Gasteiger partial charge < -0.3 is 4.74 Å². The third-order valence-electron chi connectivity index (χ3n) is 2.50. The van der Waals surface area contributed by atoms with Crippen molar-refractivity contribution < 1.29 is 9.53 Å². The van der Waals surface area contributed by atoms with Crippen LogP contribution in [-0.2, 0) is 4.74 Å². The minimum absolute atomic E-state index is 0.274. The summed E-state index contributed by atoms with van der Waals surface area (Å²) in [7, 11) is 0. The summed E-state index contributed by atoms with van der Waals surface area (Å²) in [6.07, 6.45) is 1.89. The van der Waals surface area contributed by atoms with Crippen molar-refractivity contribution in [3.05, 3.63) is 35.3 Å². The fourth-order valence-corrected chi connectivity index (χ4v) is 2.70. The Morgan fingerprint density at radius 3 is 3.24 bits per heavy atom. The number of carbonyl (C=O) groups is 1. The fraction of sp³-hybridized carbons (Fsp3) is 0.167. The number of hydrogen-bond acceptors (Lipinski definition) is 4. The number of nitrogens with zero attached hydrogens (tertiary/aromatic N) is 2. The summed E-state index contributed by atoms with van der Waals surface area (Å²) in [4.78, 5) is 13.1. The maximum absolute atomic E-state index is 11.6. The van der Waals surface area contributed by atoms with Crippen LogP contribution in [0.1, 0.15) is 16.6 Å². The maximum atomic E-state index is 11.6. The van der Waals surface area contributed by atoms with E-state index in [9.17, 15) is 4.79 Å². The molecule has 0 N–H and O–H groups in total. The van der Waals surface area contributed by atoms with E-state index in [1.807, 2.05) is 35.0 Å². The third kappa shape index (κ3) is 1.59. The molecule has 0 saturated heterocycles. The van der Waals surface area contributed by atoms with Crippen molar-refractivity contribution >= 4 is 33.0 Å². The Kier molecular flexibility index (Phi) is 2.33. The topological polar surface area (TPSA) is 43.6 Å². The average molecular weight is 246 g/mol. The third-order valence-corrected chi connectivity index (χ3v) is 3.50. The van der Waals surface area contributed by atoms with Crippen LogP contribution in [0.5, 0.6) is 0 Å². The fourth-order valence-electron chi connectivity index (χ4n) is 1.77. The van der Waals surface area contributed by atoms with Gasteiger partial charge in [-0.15, -0.1) is 11.3 Å². The highest BCUT2D eigenvalue weighted by molar-refractivity contribution is 7.20. The zero-order chi connectivity index (χ0) is 11.8. The number of pyridine rings is 1. The highest BCUT2D eigenvalue weighted by Gasteiger charge is 2.14. The molecule has 0 saturated carbocycles. The molecule has 3 aromatic rings. The van der Waals surface area contributed by atoms with Gasteiger partial charge in [0.2, 0.25) is 0 Å². The van der Waals surface area contributed by atoms with Gasteiger partial charge in [-0.2, -0.15) is 5.10 Å². The second-order valence-electron chi connectivity index (χ2n) is 3.58. The molecule has 0 atom stereocenters. The lowest BCUT2D eigenvalue weighted by atomic mass is 10.3. The van der Waals surface area contributed by atoms with Gasteiger partial charge in [0.15, 0.2) is 0 Å². The van der Waals surface area contributed by atoms with Crippen LogP contribution in [0.2, 0.25) is 0 Å². The lowest BCUT2D eigenvalue weighted by Crippen LogP contribution is -2.01. The first-order valence-corrected chi connectivity index (χ1v) is 6.15. The van der Waals surface area contributed by atoms with E-state index >= 15 is 0 Å². The zero-order valence-corrected chi connectivity index (χ0v) is 10.0. The molecule has 3 rings (SSSR count). The first kappa shape index (κ1) is 10.3. The summed E-state index contributed by atoms with van der Waals surface area (Å²) in [6.45, 7) is 2.19. The first-order chi connectivity index (χ1) is 8.29. The number of esters is 1. The van der Waals surface area contributed by atoms with Crippen molar-refractivity contribution in [1.82, 2.24) is 9.61 Å². The molecule has 0 bridgehead atoms. The summed E-state index contributed by atoms with van der Waals surface area (Å²) in [5, 5.41) is 5.40. The SMILES string of the molecule is CCOC(=O)c1cc2c(nn3ccccc23)s1. The van der Waals surface area contributed by atoms with Gasteiger partial charge in [-0.3, -0.25) is 0 Å². The number of ether oxygens (including phenoxy) is 1. The molecule has 3 aromatic heterocycles. The van der Waals surface area contributed by atoms with E-state index in [1.165, 1.54) is 11.3 Å². The van der Waals surface area contributed by atoms with E-state index in [0.29, 0.717) is 11.5 Å². The minimum atomic E-state index is -0.274. The van der Waals surface area contributed by atoms with Crippen molar-refractivity contribution in [3.8, 4) is 0 Å². The molecule has 86 valence electrons. The number of carbonyl (C=O) groups excluding carboxylic acids is 1. The summed E-state index contributed by atoms with van der Waals surface area (Å²) in [5.74, 6) is -0.274. The van der Waals surface area contributed by atoms with E-state index < -0.39 is 0 Å². The highest BCUT2D eigenvalue weighted by atomic mass is 32.1. The van der Waals surface area contributed by atoms with Gasteiger partial charge in [0.05, 0.1) is 12.1 Å². The van der Waals surface area contributed by atoms with Crippen LogP contribution in [0.25, 0.3) is 15.7 Å². The molecule has 5 heteroatoms. The van der Waals surface area contributed by atoms with Crippen LogP contribution in [0.15, 0.2) is 30.5 Å². The van der Waals surface area contributed by atoms with Gasteiger partial charge in [0, 0.05) is 11.6 Å². The van der Waals surface area contributed by atoms with E-state index in [1.54, 1.807) is 6.92 Å². The van der Waals surface area contributed by atoms with Crippen LogP contribution in [0.3, 0.4) is 0 Å². The predicted molar refractivity (Wildman–Crippen MR) is 66.5 cm³/mol. The Hall–Kier alpha value is -1.88. The van der Waals surface area contributed by atoms with Crippen LogP contribution in [0, 0.1) is 0 Å². The summed E-state index contributed by atoms with van der Waals surface area (Å²) in [6, 6.07) is 7.71. The van der Waals surface area contributed by atoms with Crippen molar-refractivity contribution in [3.63, 3.8) is 0 Å². The number of thiophene rings is 1. The van der Waals surface area contributed by atoms with Crippen LogP contribution in [0.4, 0.5) is 0 Å². The van der Waals surface area contributed by atoms with Crippen LogP contribution < -0.4 is 0 Å². The standard InChI is InChI=1S/C12H10N2O2S/c1-2-16-12(15)10-7-8-9-5-3-4-6-14(9)13-11(8)17-10/h3-7H,2H2,1H3. The normalized spacial score (nSPS) is 11.1. The number of aromatic nitrogens is 2. The quantitative estimate of drug-likeness (QED) is 0.653. The van der Waals surface area contributed by atoms with E-state index in [-0.39, 0.29) is 5.97 Å². The molecule has 0 aliphatic carbocycles. The summed E-state index contributed by atoms with van der Waals surface area (Å²) >= 11 is 1.36. The van der Waals surface area contributed by atoms with Crippen molar-refractivity contribution in [2.45, 2.75) is 6.92 Å². The van der Waals surface area contributed by atoms with Gasteiger partial charge >= 0.3 is 5.97 Å². The highest BCUT2D eigenvalue weighted by Crippen LogP contribution is 2.28. The maximum Gasteiger partial charge on any atom is 0.348 e. The van der Waals surface area contributed by atoms with Gasteiger partial charge in [-0.1, -0.05) is 6.07 Å². The molecule has 0 aliphatic rings. The molecule has 0 aromatic carbocycles. The summed E-state index contributed by atoms with van der Waals surface area (Å²) in [5.41, 5.74) is 1.01. The number of rotatable bonds is 2. The van der Waals surface area contributed by atoms with Crippen molar-refractivity contribution in [1.29, 1.82) is 0 Å². The van der Waals surface area contributed by atoms with Crippen molar-refractivity contribution in [2.24, 2.45) is 0 Å². The van der Waals surface area contributed by atoms with Crippen LogP contribution in [-0.4, -0.2) is 22.2 Å². The van der Waals surface area contributed by atoms with Gasteiger partial charge in [-0.25, -0.2) is 9.31 Å². The number of fused-ring (bicyclic) bond motifs is 3. The second kappa shape index (κ2) is 3.85. The molecule has 0 aliphatic heterocycles.